The van der Waals surface area contributed by atoms with Crippen molar-refractivity contribution in [2.75, 3.05) is 26.3 Å². The molecule has 0 aromatic heterocycles. The van der Waals surface area contributed by atoms with Gasteiger partial charge in [0.05, 0.1) is 12.7 Å². The summed E-state index contributed by atoms with van der Waals surface area (Å²) < 4.78 is 24.7. The van der Waals surface area contributed by atoms with E-state index in [-0.39, 0.29) is 11.9 Å². The summed E-state index contributed by atoms with van der Waals surface area (Å²) in [7, 11) is 0. The van der Waals surface area contributed by atoms with Crippen LogP contribution in [0.5, 0.6) is 5.75 Å². The number of halogens is 1. The number of benzene rings is 1. The van der Waals surface area contributed by atoms with Crippen molar-refractivity contribution >= 4 is 0 Å². The molecule has 1 aromatic carbocycles. The van der Waals surface area contributed by atoms with Crippen molar-refractivity contribution in [3.8, 4) is 5.75 Å². The lowest BCUT2D eigenvalue weighted by atomic mass is 10.1. The third-order valence-electron chi connectivity index (χ3n) is 3.75. The van der Waals surface area contributed by atoms with Crippen LogP contribution in [-0.2, 0) is 4.74 Å². The van der Waals surface area contributed by atoms with Gasteiger partial charge < -0.3 is 14.6 Å². The monoisotopic (exact) mass is 297 g/mol. The summed E-state index contributed by atoms with van der Waals surface area (Å²) in [6, 6.07) is 4.68. The zero-order valence-electron chi connectivity index (χ0n) is 12.9. The maximum absolute atomic E-state index is 13.2. The van der Waals surface area contributed by atoms with Crippen molar-refractivity contribution < 1.29 is 19.0 Å². The highest BCUT2D eigenvalue weighted by Gasteiger charge is 2.23. The summed E-state index contributed by atoms with van der Waals surface area (Å²) in [6.07, 6.45) is -0.775. The van der Waals surface area contributed by atoms with E-state index in [0.29, 0.717) is 30.6 Å². The number of aliphatic hydroxyl groups excluding tert-OH is 1. The Morgan fingerprint density at radius 1 is 1.43 bits per heavy atom. The Morgan fingerprint density at radius 3 is 2.86 bits per heavy atom. The van der Waals surface area contributed by atoms with Crippen LogP contribution in [0.3, 0.4) is 0 Å². The maximum Gasteiger partial charge on any atom is 0.125 e. The molecule has 1 aliphatic rings. The molecule has 2 unspecified atom stereocenters. The minimum atomic E-state index is -0.768. The van der Waals surface area contributed by atoms with E-state index >= 15 is 0 Å². The molecule has 1 heterocycles. The van der Waals surface area contributed by atoms with Crippen molar-refractivity contribution in [3.05, 3.63) is 29.6 Å². The first-order valence-corrected chi connectivity index (χ1v) is 7.43. The first kappa shape index (κ1) is 16.2. The lowest BCUT2D eigenvalue weighted by Gasteiger charge is -2.35. The average Bonchev–Trinajstić information content (AvgIpc) is 2.46. The Kier molecular flexibility index (Phi) is 5.56. The Balaban J connectivity index is 1.96. The van der Waals surface area contributed by atoms with Gasteiger partial charge in [-0.15, -0.1) is 0 Å². The van der Waals surface area contributed by atoms with Crippen LogP contribution < -0.4 is 4.74 Å². The highest BCUT2D eigenvalue weighted by atomic mass is 19.1. The standard InChI is InChI=1S/C16H24FNO3/c1-11(2)18-6-7-20-14(9-18)10-21-16-5-4-13(17)8-15(16)12(3)19/h4-5,8,11-12,14,19H,6-7,9-10H2,1-3H3. The smallest absolute Gasteiger partial charge is 0.125 e. The zero-order valence-corrected chi connectivity index (χ0v) is 12.9. The van der Waals surface area contributed by atoms with Gasteiger partial charge in [-0.1, -0.05) is 0 Å². The van der Waals surface area contributed by atoms with Gasteiger partial charge in [-0.2, -0.15) is 0 Å². The fourth-order valence-corrected chi connectivity index (χ4v) is 2.47. The minimum absolute atomic E-state index is 0.00643. The molecule has 0 saturated carbocycles. The number of rotatable bonds is 5. The van der Waals surface area contributed by atoms with Gasteiger partial charge in [0.1, 0.15) is 24.3 Å². The number of nitrogens with zero attached hydrogens (tertiary/aromatic N) is 1. The van der Waals surface area contributed by atoms with Crippen LogP contribution >= 0.6 is 0 Å². The highest BCUT2D eigenvalue weighted by molar-refractivity contribution is 5.35. The molecule has 0 radical (unpaired) electrons. The fraction of sp³-hybridized carbons (Fsp3) is 0.625. The van der Waals surface area contributed by atoms with Crippen molar-refractivity contribution in [2.24, 2.45) is 0 Å². The Hall–Kier alpha value is -1.17. The van der Waals surface area contributed by atoms with Gasteiger partial charge in [-0.05, 0) is 39.0 Å². The van der Waals surface area contributed by atoms with E-state index in [1.54, 1.807) is 13.0 Å². The van der Waals surface area contributed by atoms with E-state index in [0.717, 1.165) is 13.1 Å². The predicted octanol–water partition coefficient (Wildman–Crippen LogP) is 2.37. The summed E-state index contributed by atoms with van der Waals surface area (Å²) in [5.41, 5.74) is 0.464. The van der Waals surface area contributed by atoms with Gasteiger partial charge in [0, 0.05) is 24.7 Å². The summed E-state index contributed by atoms with van der Waals surface area (Å²) in [5, 5.41) is 9.69. The molecule has 0 spiro atoms. The van der Waals surface area contributed by atoms with Crippen LogP contribution in [0, 0.1) is 5.82 Å². The first-order valence-electron chi connectivity index (χ1n) is 7.43. The van der Waals surface area contributed by atoms with Crippen LogP contribution in [0.25, 0.3) is 0 Å². The van der Waals surface area contributed by atoms with Crippen LogP contribution in [0.4, 0.5) is 4.39 Å². The second-order valence-corrected chi connectivity index (χ2v) is 5.75. The first-order chi connectivity index (χ1) is 9.97. The molecule has 5 heteroatoms. The van der Waals surface area contributed by atoms with Crippen molar-refractivity contribution in [1.29, 1.82) is 0 Å². The lowest BCUT2D eigenvalue weighted by molar-refractivity contribution is -0.0567. The van der Waals surface area contributed by atoms with Crippen LogP contribution in [0.15, 0.2) is 18.2 Å². The largest absolute Gasteiger partial charge is 0.490 e. The second kappa shape index (κ2) is 7.20. The number of morpholine rings is 1. The second-order valence-electron chi connectivity index (χ2n) is 5.75. The number of ether oxygens (including phenoxy) is 2. The number of hydrogen-bond acceptors (Lipinski definition) is 4. The van der Waals surface area contributed by atoms with E-state index in [1.807, 2.05) is 0 Å². The molecule has 0 amide bonds. The summed E-state index contributed by atoms with van der Waals surface area (Å²) in [4.78, 5) is 2.35. The van der Waals surface area contributed by atoms with Gasteiger partial charge in [-0.3, -0.25) is 4.90 Å². The zero-order chi connectivity index (χ0) is 15.4. The molecule has 4 nitrogen and oxygen atoms in total. The minimum Gasteiger partial charge on any atom is -0.490 e. The van der Waals surface area contributed by atoms with Crippen molar-refractivity contribution in [2.45, 2.75) is 39.0 Å². The van der Waals surface area contributed by atoms with E-state index in [4.69, 9.17) is 9.47 Å². The molecule has 1 saturated heterocycles. The molecular formula is C16H24FNO3. The van der Waals surface area contributed by atoms with Crippen LogP contribution in [0.2, 0.25) is 0 Å². The Morgan fingerprint density at radius 2 is 2.19 bits per heavy atom. The molecule has 1 aliphatic heterocycles. The molecule has 1 fully saturated rings. The van der Waals surface area contributed by atoms with E-state index in [9.17, 15) is 9.50 Å². The van der Waals surface area contributed by atoms with Gasteiger partial charge >= 0.3 is 0 Å². The quantitative estimate of drug-likeness (QED) is 0.906. The van der Waals surface area contributed by atoms with Crippen LogP contribution in [-0.4, -0.2) is 48.5 Å². The molecule has 1 aromatic rings. The number of aliphatic hydroxyl groups is 1. The summed E-state index contributed by atoms with van der Waals surface area (Å²) in [6.45, 7) is 8.77. The normalized spacial score (nSPS) is 21.5. The maximum atomic E-state index is 13.2. The molecule has 2 atom stereocenters. The van der Waals surface area contributed by atoms with Crippen molar-refractivity contribution in [3.63, 3.8) is 0 Å². The number of hydrogen-bond donors (Lipinski definition) is 1. The van der Waals surface area contributed by atoms with Gasteiger partial charge in [-0.25, -0.2) is 4.39 Å². The van der Waals surface area contributed by atoms with E-state index < -0.39 is 6.10 Å². The fourth-order valence-electron chi connectivity index (χ4n) is 2.47. The Labute approximate surface area is 125 Å². The highest BCUT2D eigenvalue weighted by Crippen LogP contribution is 2.26. The predicted molar refractivity (Wildman–Crippen MR) is 79.0 cm³/mol. The average molecular weight is 297 g/mol. The lowest BCUT2D eigenvalue weighted by Crippen LogP contribution is -2.47. The van der Waals surface area contributed by atoms with E-state index in [2.05, 4.69) is 18.7 Å². The molecule has 1 N–H and O–H groups in total. The molecule has 21 heavy (non-hydrogen) atoms. The molecule has 0 aliphatic carbocycles. The topological polar surface area (TPSA) is 41.9 Å². The molecule has 2 rings (SSSR count). The Bertz CT molecular complexity index is 465. The van der Waals surface area contributed by atoms with Gasteiger partial charge in [0.25, 0.3) is 0 Å². The third-order valence-corrected chi connectivity index (χ3v) is 3.75. The van der Waals surface area contributed by atoms with Gasteiger partial charge in [0.2, 0.25) is 0 Å². The third kappa shape index (κ3) is 4.40. The van der Waals surface area contributed by atoms with Crippen LogP contribution in [0.1, 0.15) is 32.4 Å². The summed E-state index contributed by atoms with van der Waals surface area (Å²) >= 11 is 0. The molecule has 0 bridgehead atoms. The van der Waals surface area contributed by atoms with E-state index in [1.165, 1.54) is 12.1 Å². The molecular weight excluding hydrogens is 273 g/mol. The molecule has 118 valence electrons. The van der Waals surface area contributed by atoms with Gasteiger partial charge in [0.15, 0.2) is 0 Å². The SMILES string of the molecule is CC(O)c1cc(F)ccc1OCC1CN(C(C)C)CCO1. The van der Waals surface area contributed by atoms with Crippen molar-refractivity contribution in [1.82, 2.24) is 4.90 Å². The summed E-state index contributed by atoms with van der Waals surface area (Å²) in [5.74, 6) is 0.134.